The van der Waals surface area contributed by atoms with Gasteiger partial charge >= 0.3 is 6.03 Å². The summed E-state index contributed by atoms with van der Waals surface area (Å²) in [5.41, 5.74) is -0.493. The highest BCUT2D eigenvalue weighted by Crippen LogP contribution is 2.31. The van der Waals surface area contributed by atoms with Crippen molar-refractivity contribution in [2.75, 3.05) is 29.9 Å². The maximum atomic E-state index is 14.3. The van der Waals surface area contributed by atoms with Crippen molar-refractivity contribution in [1.82, 2.24) is 10.2 Å². The van der Waals surface area contributed by atoms with E-state index in [-0.39, 0.29) is 5.56 Å². The Bertz CT molecular complexity index is 1070. The minimum atomic E-state index is -1.81. The van der Waals surface area contributed by atoms with Gasteiger partial charge in [0.05, 0.1) is 0 Å². The largest absolute Gasteiger partial charge is 0.372 e. The third kappa shape index (κ3) is 4.67. The highest BCUT2D eigenvalue weighted by atomic mass is 19.1. The van der Waals surface area contributed by atoms with Crippen molar-refractivity contribution in [2.24, 2.45) is 0 Å². The Morgan fingerprint density at radius 1 is 1.03 bits per heavy atom. The monoisotopic (exact) mass is 456 g/mol. The van der Waals surface area contributed by atoms with Gasteiger partial charge in [0, 0.05) is 30.0 Å². The lowest BCUT2D eigenvalue weighted by Crippen LogP contribution is -2.42. The summed E-state index contributed by atoms with van der Waals surface area (Å²) in [4.78, 5) is 40.9. The topological polar surface area (TPSA) is 81.8 Å². The maximum Gasteiger partial charge on any atom is 0.325 e. The second kappa shape index (κ2) is 9.17. The number of anilines is 2. The molecule has 4 amide bonds. The van der Waals surface area contributed by atoms with Gasteiger partial charge in [-0.15, -0.1) is 0 Å². The van der Waals surface area contributed by atoms with Crippen molar-refractivity contribution in [3.05, 3.63) is 59.7 Å². The van der Waals surface area contributed by atoms with Gasteiger partial charge in [-0.05, 0) is 62.2 Å². The molecule has 7 nitrogen and oxygen atoms in total. The van der Waals surface area contributed by atoms with Crippen LogP contribution in [0.1, 0.15) is 38.2 Å². The third-order valence-corrected chi connectivity index (χ3v) is 6.17. The van der Waals surface area contributed by atoms with Crippen LogP contribution in [0.4, 0.5) is 25.0 Å². The molecule has 2 heterocycles. The average Bonchev–Trinajstić information content (AvgIpc) is 2.99. The molecule has 174 valence electrons. The summed E-state index contributed by atoms with van der Waals surface area (Å²) >= 11 is 0. The number of carbonyl (C=O) groups is 3. The lowest BCUT2D eigenvalue weighted by atomic mass is 9.91. The highest BCUT2D eigenvalue weighted by molar-refractivity contribution is 6.10. The van der Waals surface area contributed by atoms with Crippen molar-refractivity contribution < 1.29 is 23.2 Å². The van der Waals surface area contributed by atoms with Crippen molar-refractivity contribution in [3.8, 4) is 0 Å². The van der Waals surface area contributed by atoms with Gasteiger partial charge < -0.3 is 15.5 Å². The number of amides is 4. The molecule has 2 aliphatic heterocycles. The fourth-order valence-electron chi connectivity index (χ4n) is 4.33. The molecule has 0 spiro atoms. The number of benzene rings is 2. The van der Waals surface area contributed by atoms with Crippen LogP contribution in [0.5, 0.6) is 0 Å². The molecule has 0 radical (unpaired) electrons. The van der Waals surface area contributed by atoms with Crippen LogP contribution in [0, 0.1) is 11.6 Å². The first-order valence-electron chi connectivity index (χ1n) is 11.0. The number of rotatable bonds is 5. The van der Waals surface area contributed by atoms with Crippen molar-refractivity contribution >= 4 is 29.2 Å². The van der Waals surface area contributed by atoms with Crippen LogP contribution < -0.4 is 15.5 Å². The SMILES string of the molecule is CC1(c2cc(F)ccc2F)NC(=O)N(CC(=O)Nc2ccc(N3CCCCCC3)cc2)C1=O. The molecule has 33 heavy (non-hydrogen) atoms. The smallest absolute Gasteiger partial charge is 0.325 e. The lowest BCUT2D eigenvalue weighted by Gasteiger charge is -2.23. The normalized spacial score (nSPS) is 21.1. The van der Waals surface area contributed by atoms with Crippen LogP contribution in [-0.4, -0.2) is 42.4 Å². The quantitative estimate of drug-likeness (QED) is 0.672. The number of carbonyl (C=O) groups excluding carboxylic acids is 3. The molecule has 2 fully saturated rings. The molecule has 2 aliphatic rings. The van der Waals surface area contributed by atoms with Gasteiger partial charge in [0.15, 0.2) is 0 Å². The number of urea groups is 1. The van der Waals surface area contributed by atoms with Crippen molar-refractivity contribution in [1.29, 1.82) is 0 Å². The minimum Gasteiger partial charge on any atom is -0.372 e. The summed E-state index contributed by atoms with van der Waals surface area (Å²) in [6.45, 7) is 2.74. The molecule has 0 aliphatic carbocycles. The van der Waals surface area contributed by atoms with E-state index in [4.69, 9.17) is 0 Å². The van der Waals surface area contributed by atoms with Crippen molar-refractivity contribution in [2.45, 2.75) is 38.1 Å². The summed E-state index contributed by atoms with van der Waals surface area (Å²) in [7, 11) is 0. The van der Waals surface area contributed by atoms with Gasteiger partial charge in [-0.3, -0.25) is 14.5 Å². The van der Waals surface area contributed by atoms with Crippen LogP contribution in [0.2, 0.25) is 0 Å². The van der Waals surface area contributed by atoms with E-state index >= 15 is 0 Å². The molecular formula is C24H26F2N4O3. The molecule has 1 unspecified atom stereocenters. The highest BCUT2D eigenvalue weighted by Gasteiger charge is 2.50. The standard InChI is InChI=1S/C24H26F2N4O3/c1-24(19-14-16(25)6-11-20(19)26)22(32)30(23(33)28-24)15-21(31)27-17-7-9-18(10-8-17)29-12-4-2-3-5-13-29/h6-11,14H,2-5,12-13,15H2,1H3,(H,27,31)(H,28,33). The Hall–Kier alpha value is -3.49. The summed E-state index contributed by atoms with van der Waals surface area (Å²) in [6, 6.07) is 9.23. The Kier molecular flexibility index (Phi) is 6.31. The number of hydrogen-bond acceptors (Lipinski definition) is 4. The molecule has 4 rings (SSSR count). The van der Waals surface area contributed by atoms with E-state index in [2.05, 4.69) is 15.5 Å². The number of halogens is 2. The van der Waals surface area contributed by atoms with Gasteiger partial charge in [-0.1, -0.05) is 12.8 Å². The summed E-state index contributed by atoms with van der Waals surface area (Å²) in [5.74, 6) is -2.98. The molecular weight excluding hydrogens is 430 g/mol. The minimum absolute atomic E-state index is 0.298. The second-order valence-corrected chi connectivity index (χ2v) is 8.57. The van der Waals surface area contributed by atoms with Crippen LogP contribution in [0.25, 0.3) is 0 Å². The van der Waals surface area contributed by atoms with Crippen LogP contribution in [-0.2, 0) is 15.1 Å². The molecule has 2 aromatic rings. The van der Waals surface area contributed by atoms with E-state index in [0.29, 0.717) is 10.6 Å². The maximum absolute atomic E-state index is 14.3. The molecule has 0 saturated carbocycles. The molecule has 0 aromatic heterocycles. The fourth-order valence-corrected chi connectivity index (χ4v) is 4.33. The molecule has 2 aromatic carbocycles. The van der Waals surface area contributed by atoms with E-state index in [0.717, 1.165) is 49.8 Å². The molecule has 2 saturated heterocycles. The summed E-state index contributed by atoms with van der Waals surface area (Å²) in [5, 5.41) is 5.05. The first-order chi connectivity index (χ1) is 15.8. The van der Waals surface area contributed by atoms with Gasteiger partial charge in [-0.2, -0.15) is 0 Å². The Morgan fingerprint density at radius 3 is 2.36 bits per heavy atom. The Labute approximate surface area is 190 Å². The first kappa shape index (κ1) is 22.7. The Balaban J connectivity index is 1.41. The number of nitrogens with one attached hydrogen (secondary N) is 2. The fraction of sp³-hybridized carbons (Fsp3) is 0.375. The van der Waals surface area contributed by atoms with E-state index in [1.54, 1.807) is 12.1 Å². The molecule has 1 atom stereocenters. The average molecular weight is 456 g/mol. The molecule has 9 heteroatoms. The van der Waals surface area contributed by atoms with E-state index in [1.165, 1.54) is 19.8 Å². The zero-order chi connectivity index (χ0) is 23.6. The van der Waals surface area contributed by atoms with Crippen LogP contribution in [0.15, 0.2) is 42.5 Å². The Morgan fingerprint density at radius 2 is 1.70 bits per heavy atom. The van der Waals surface area contributed by atoms with Crippen molar-refractivity contribution in [3.63, 3.8) is 0 Å². The predicted octanol–water partition coefficient (Wildman–Crippen LogP) is 3.75. The van der Waals surface area contributed by atoms with Gasteiger partial charge in [0.1, 0.15) is 23.7 Å². The van der Waals surface area contributed by atoms with E-state index < -0.39 is 41.6 Å². The number of imide groups is 1. The van der Waals surface area contributed by atoms with Crippen LogP contribution in [0.3, 0.4) is 0 Å². The third-order valence-electron chi connectivity index (χ3n) is 6.17. The van der Waals surface area contributed by atoms with Gasteiger partial charge in [-0.25, -0.2) is 13.6 Å². The summed E-state index contributed by atoms with van der Waals surface area (Å²) in [6.07, 6.45) is 4.78. The van der Waals surface area contributed by atoms with Crippen LogP contribution >= 0.6 is 0 Å². The van der Waals surface area contributed by atoms with Gasteiger partial charge in [0.25, 0.3) is 5.91 Å². The number of nitrogens with zero attached hydrogens (tertiary/aromatic N) is 2. The number of hydrogen-bond donors (Lipinski definition) is 2. The predicted molar refractivity (Wildman–Crippen MR) is 120 cm³/mol. The zero-order valence-corrected chi connectivity index (χ0v) is 18.4. The zero-order valence-electron chi connectivity index (χ0n) is 18.4. The van der Waals surface area contributed by atoms with Gasteiger partial charge in [0.2, 0.25) is 5.91 Å². The van der Waals surface area contributed by atoms with E-state index in [9.17, 15) is 23.2 Å². The first-order valence-corrected chi connectivity index (χ1v) is 11.0. The second-order valence-electron chi connectivity index (χ2n) is 8.57. The van der Waals surface area contributed by atoms with E-state index in [1.807, 2.05) is 12.1 Å². The molecule has 0 bridgehead atoms. The molecule has 2 N–H and O–H groups in total. The summed E-state index contributed by atoms with van der Waals surface area (Å²) < 4.78 is 27.9. The lowest BCUT2D eigenvalue weighted by molar-refractivity contribution is -0.133.